The summed E-state index contributed by atoms with van der Waals surface area (Å²) in [4.78, 5) is 25.0. The molecule has 5 nitrogen and oxygen atoms in total. The lowest BCUT2D eigenvalue weighted by atomic mass is 9.96. The topological polar surface area (TPSA) is 89.4 Å². The van der Waals surface area contributed by atoms with Gasteiger partial charge in [0.05, 0.1) is 17.2 Å². The fraction of sp³-hybridized carbons (Fsp3) is 0.385. The normalized spacial score (nSPS) is 19.2. The van der Waals surface area contributed by atoms with E-state index in [-0.39, 0.29) is 29.6 Å². The molecule has 0 spiro atoms. The average Bonchev–Trinajstić information content (AvgIpc) is 2.41. The monoisotopic (exact) mass is 265 g/mol. The molecule has 102 valence electrons. The van der Waals surface area contributed by atoms with Crippen molar-refractivity contribution in [2.24, 2.45) is 11.7 Å². The van der Waals surface area contributed by atoms with E-state index in [2.05, 4.69) is 0 Å². The Morgan fingerprint density at radius 2 is 2.11 bits per heavy atom. The Labute approximate surface area is 110 Å². The van der Waals surface area contributed by atoms with E-state index in [4.69, 9.17) is 11.5 Å². The second-order valence-electron chi connectivity index (χ2n) is 4.69. The van der Waals surface area contributed by atoms with E-state index in [1.54, 1.807) is 0 Å². The number of piperidine rings is 1. The highest BCUT2D eigenvalue weighted by molar-refractivity contribution is 5.99. The molecule has 0 radical (unpaired) electrons. The molecule has 2 amide bonds. The molecule has 1 aliphatic heterocycles. The molecule has 19 heavy (non-hydrogen) atoms. The van der Waals surface area contributed by atoms with Crippen molar-refractivity contribution >= 4 is 17.5 Å². The van der Waals surface area contributed by atoms with E-state index in [0.29, 0.717) is 19.4 Å². The number of nitrogen functional groups attached to an aromatic ring is 1. The fourth-order valence-electron chi connectivity index (χ4n) is 2.29. The van der Waals surface area contributed by atoms with Crippen LogP contribution in [-0.2, 0) is 4.79 Å². The Kier molecular flexibility index (Phi) is 3.69. The van der Waals surface area contributed by atoms with Crippen LogP contribution in [0, 0.1) is 11.7 Å². The summed E-state index contributed by atoms with van der Waals surface area (Å²) in [5, 5.41) is 0. The summed E-state index contributed by atoms with van der Waals surface area (Å²) in [7, 11) is 0. The van der Waals surface area contributed by atoms with Crippen LogP contribution in [0.25, 0.3) is 0 Å². The number of likely N-dealkylation sites (tertiary alicyclic amines) is 1. The number of rotatable bonds is 2. The fourth-order valence-corrected chi connectivity index (χ4v) is 2.29. The van der Waals surface area contributed by atoms with Gasteiger partial charge in [-0.25, -0.2) is 4.39 Å². The van der Waals surface area contributed by atoms with Crippen molar-refractivity contribution < 1.29 is 14.0 Å². The summed E-state index contributed by atoms with van der Waals surface area (Å²) in [5.74, 6) is -1.73. The van der Waals surface area contributed by atoms with Gasteiger partial charge in [0.1, 0.15) is 5.82 Å². The number of primary amides is 1. The molecule has 0 saturated carbocycles. The Bertz CT molecular complexity index is 519. The Hall–Kier alpha value is -2.11. The minimum absolute atomic E-state index is 0.130. The predicted octanol–water partition coefficient (Wildman–Crippen LogP) is 0.745. The number of carbonyl (C=O) groups is 2. The number of nitrogens with zero attached hydrogens (tertiary/aromatic N) is 1. The highest BCUT2D eigenvalue weighted by atomic mass is 19.1. The summed E-state index contributed by atoms with van der Waals surface area (Å²) in [6.07, 6.45) is 1.38. The second-order valence-corrected chi connectivity index (χ2v) is 4.69. The van der Waals surface area contributed by atoms with Crippen LogP contribution in [0.2, 0.25) is 0 Å². The molecule has 1 aromatic carbocycles. The molecule has 1 saturated heterocycles. The largest absolute Gasteiger partial charge is 0.396 e. The van der Waals surface area contributed by atoms with Crippen LogP contribution < -0.4 is 11.5 Å². The van der Waals surface area contributed by atoms with Crippen LogP contribution >= 0.6 is 0 Å². The maximum Gasteiger partial charge on any atom is 0.256 e. The molecular formula is C13H16FN3O2. The molecule has 2 rings (SSSR count). The van der Waals surface area contributed by atoms with Gasteiger partial charge in [0.15, 0.2) is 0 Å². The third-order valence-corrected chi connectivity index (χ3v) is 3.39. The van der Waals surface area contributed by atoms with Crippen LogP contribution in [0.4, 0.5) is 10.1 Å². The van der Waals surface area contributed by atoms with Crippen LogP contribution in [-0.4, -0.2) is 29.8 Å². The maximum atomic E-state index is 13.3. The number of anilines is 1. The van der Waals surface area contributed by atoms with Crippen LogP contribution in [0.3, 0.4) is 0 Å². The molecule has 1 unspecified atom stereocenters. The van der Waals surface area contributed by atoms with Gasteiger partial charge < -0.3 is 16.4 Å². The first-order chi connectivity index (χ1) is 9.00. The number of benzene rings is 1. The summed E-state index contributed by atoms with van der Waals surface area (Å²) in [5.41, 5.74) is 10.8. The first-order valence-corrected chi connectivity index (χ1v) is 6.13. The predicted molar refractivity (Wildman–Crippen MR) is 68.6 cm³/mol. The molecule has 0 bridgehead atoms. The van der Waals surface area contributed by atoms with Crippen LogP contribution in [0.5, 0.6) is 0 Å². The number of carbonyl (C=O) groups excluding carboxylic acids is 2. The van der Waals surface area contributed by atoms with E-state index in [1.807, 2.05) is 0 Å². The van der Waals surface area contributed by atoms with Crippen molar-refractivity contribution in [3.8, 4) is 0 Å². The van der Waals surface area contributed by atoms with Crippen molar-refractivity contribution in [2.75, 3.05) is 18.8 Å². The van der Waals surface area contributed by atoms with Crippen molar-refractivity contribution in [3.63, 3.8) is 0 Å². The minimum Gasteiger partial charge on any atom is -0.396 e. The second kappa shape index (κ2) is 5.26. The summed E-state index contributed by atoms with van der Waals surface area (Å²) in [6.45, 7) is 0.794. The molecule has 6 heteroatoms. The molecule has 1 aliphatic rings. The number of para-hydroxylation sites is 1. The lowest BCUT2D eigenvalue weighted by Gasteiger charge is -2.31. The molecule has 0 aliphatic carbocycles. The van der Waals surface area contributed by atoms with E-state index >= 15 is 0 Å². The van der Waals surface area contributed by atoms with E-state index < -0.39 is 11.7 Å². The first-order valence-electron chi connectivity index (χ1n) is 6.13. The van der Waals surface area contributed by atoms with Gasteiger partial charge in [0, 0.05) is 13.1 Å². The van der Waals surface area contributed by atoms with E-state index in [0.717, 1.165) is 0 Å². The highest BCUT2D eigenvalue weighted by Crippen LogP contribution is 2.22. The quantitative estimate of drug-likeness (QED) is 0.773. The number of halogens is 1. The first kappa shape index (κ1) is 13.3. The third-order valence-electron chi connectivity index (χ3n) is 3.39. The van der Waals surface area contributed by atoms with E-state index in [1.165, 1.54) is 23.1 Å². The van der Waals surface area contributed by atoms with Crippen molar-refractivity contribution in [1.82, 2.24) is 4.90 Å². The standard InChI is InChI=1S/C13H16FN3O2/c14-10-5-1-4-9(11(10)15)13(19)17-6-2-3-8(7-17)12(16)18/h1,4-5,8H,2-3,6-7,15H2,(H2,16,18). The highest BCUT2D eigenvalue weighted by Gasteiger charge is 2.28. The smallest absolute Gasteiger partial charge is 0.256 e. The molecule has 1 heterocycles. The number of amides is 2. The van der Waals surface area contributed by atoms with Gasteiger partial charge in [-0.3, -0.25) is 9.59 Å². The molecule has 1 aromatic rings. The number of nitrogens with two attached hydrogens (primary N) is 2. The zero-order valence-electron chi connectivity index (χ0n) is 10.4. The Morgan fingerprint density at radius 1 is 1.37 bits per heavy atom. The van der Waals surface area contributed by atoms with E-state index in [9.17, 15) is 14.0 Å². The van der Waals surface area contributed by atoms with Crippen molar-refractivity contribution in [1.29, 1.82) is 0 Å². The van der Waals surface area contributed by atoms with Gasteiger partial charge in [0.2, 0.25) is 5.91 Å². The Balaban J connectivity index is 2.19. The molecule has 1 atom stereocenters. The zero-order valence-corrected chi connectivity index (χ0v) is 10.4. The summed E-state index contributed by atoms with van der Waals surface area (Å²) < 4.78 is 13.3. The molecule has 0 aromatic heterocycles. The molecule has 4 N–H and O–H groups in total. The third kappa shape index (κ3) is 2.67. The van der Waals surface area contributed by atoms with Crippen molar-refractivity contribution in [3.05, 3.63) is 29.6 Å². The Morgan fingerprint density at radius 3 is 2.79 bits per heavy atom. The van der Waals surface area contributed by atoms with Crippen molar-refractivity contribution in [2.45, 2.75) is 12.8 Å². The van der Waals surface area contributed by atoms with Gasteiger partial charge >= 0.3 is 0 Å². The maximum absolute atomic E-state index is 13.3. The minimum atomic E-state index is -0.616. The zero-order chi connectivity index (χ0) is 14.0. The number of hydrogen-bond donors (Lipinski definition) is 2. The van der Waals surface area contributed by atoms with Gasteiger partial charge in [-0.1, -0.05) is 6.07 Å². The van der Waals surface area contributed by atoms with Gasteiger partial charge in [-0.05, 0) is 25.0 Å². The van der Waals surface area contributed by atoms with Gasteiger partial charge in [-0.15, -0.1) is 0 Å². The SMILES string of the molecule is NC(=O)C1CCCN(C(=O)c2cccc(F)c2N)C1. The lowest BCUT2D eigenvalue weighted by molar-refractivity contribution is -0.123. The van der Waals surface area contributed by atoms with Crippen LogP contribution in [0.1, 0.15) is 23.2 Å². The molecular weight excluding hydrogens is 249 g/mol. The van der Waals surface area contributed by atoms with Gasteiger partial charge in [0.25, 0.3) is 5.91 Å². The summed E-state index contributed by atoms with van der Waals surface area (Å²) in [6, 6.07) is 4.12. The lowest BCUT2D eigenvalue weighted by Crippen LogP contribution is -2.44. The average molecular weight is 265 g/mol. The van der Waals surface area contributed by atoms with Crippen LogP contribution in [0.15, 0.2) is 18.2 Å². The van der Waals surface area contributed by atoms with Gasteiger partial charge in [-0.2, -0.15) is 0 Å². The number of hydrogen-bond acceptors (Lipinski definition) is 3. The summed E-state index contributed by atoms with van der Waals surface area (Å²) >= 11 is 0. The molecule has 1 fully saturated rings.